The Morgan fingerprint density at radius 1 is 1.38 bits per heavy atom. The maximum atomic E-state index is 11.3. The molecule has 3 heteroatoms. The predicted molar refractivity (Wildman–Crippen MR) is 45.5 cm³/mol. The Balaban J connectivity index is 2.72. The summed E-state index contributed by atoms with van der Waals surface area (Å²) in [7, 11) is 0. The molecule has 0 aliphatic heterocycles. The van der Waals surface area contributed by atoms with E-state index in [1.165, 1.54) is 12.1 Å². The number of phenols is 1. The van der Waals surface area contributed by atoms with Crippen molar-refractivity contribution in [2.45, 2.75) is 12.8 Å². The van der Waals surface area contributed by atoms with E-state index in [1.54, 1.807) is 0 Å². The van der Waals surface area contributed by atoms with Gasteiger partial charge >= 0.3 is 0 Å². The molecule has 0 radical (unpaired) electrons. The number of phenolic OH excluding ortho intramolecular Hbond substituents is 1. The molecule has 0 aromatic heterocycles. The lowest BCUT2D eigenvalue weighted by molar-refractivity contribution is 0.0994. The quantitative estimate of drug-likeness (QED) is 0.644. The molecule has 0 atom stereocenters. The van der Waals surface area contributed by atoms with Crippen LogP contribution in [0.4, 0.5) is 0 Å². The highest BCUT2D eigenvalue weighted by Gasteiger charge is 2.22. The number of nitrogens with zero attached hydrogens (tertiary/aromatic N) is 1. The molecule has 64 valence electrons. The molecular formula is C10H7NO2. The molecule has 1 N–H and O–H groups in total. The van der Waals surface area contributed by atoms with Crippen molar-refractivity contribution in [2.75, 3.05) is 0 Å². The molecule has 1 aliphatic rings. The molecular weight excluding hydrogens is 166 g/mol. The zero-order chi connectivity index (χ0) is 9.42. The fourth-order valence-electron chi connectivity index (χ4n) is 1.65. The van der Waals surface area contributed by atoms with E-state index < -0.39 is 0 Å². The smallest absolute Gasteiger partial charge is 0.163 e. The van der Waals surface area contributed by atoms with E-state index >= 15 is 0 Å². The number of benzene rings is 1. The van der Waals surface area contributed by atoms with E-state index in [9.17, 15) is 9.90 Å². The fourth-order valence-corrected chi connectivity index (χ4v) is 1.65. The second-order valence-electron chi connectivity index (χ2n) is 3.05. The lowest BCUT2D eigenvalue weighted by atomic mass is 10.0. The van der Waals surface area contributed by atoms with Crippen molar-refractivity contribution in [1.82, 2.24) is 0 Å². The molecule has 1 aromatic carbocycles. The van der Waals surface area contributed by atoms with Crippen LogP contribution in [-0.4, -0.2) is 10.9 Å². The highest BCUT2D eigenvalue weighted by atomic mass is 16.3. The van der Waals surface area contributed by atoms with Gasteiger partial charge in [-0.15, -0.1) is 0 Å². The average molecular weight is 173 g/mol. The van der Waals surface area contributed by atoms with E-state index in [1.807, 2.05) is 6.07 Å². The lowest BCUT2D eigenvalue weighted by Crippen LogP contribution is -1.92. The zero-order valence-electron chi connectivity index (χ0n) is 6.87. The summed E-state index contributed by atoms with van der Waals surface area (Å²) in [6.45, 7) is 0. The van der Waals surface area contributed by atoms with Crippen LogP contribution < -0.4 is 0 Å². The standard InChI is InChI=1S/C10H7NO2/c11-5-6-3-7(12)4-9-8(6)1-2-10(9)13/h3-4,12H,1-2H2. The van der Waals surface area contributed by atoms with Crippen LogP contribution >= 0.6 is 0 Å². The highest BCUT2D eigenvalue weighted by Crippen LogP contribution is 2.28. The van der Waals surface area contributed by atoms with E-state index in [2.05, 4.69) is 0 Å². The predicted octanol–water partition coefficient (Wildman–Crippen LogP) is 1.39. The molecule has 2 rings (SSSR count). The largest absolute Gasteiger partial charge is 0.508 e. The molecule has 0 heterocycles. The Morgan fingerprint density at radius 3 is 2.85 bits per heavy atom. The van der Waals surface area contributed by atoms with Crippen LogP contribution in [0.25, 0.3) is 0 Å². The van der Waals surface area contributed by atoms with Gasteiger partial charge in [0.2, 0.25) is 0 Å². The van der Waals surface area contributed by atoms with Gasteiger partial charge in [-0.05, 0) is 24.1 Å². The molecule has 0 saturated carbocycles. The van der Waals surface area contributed by atoms with Gasteiger partial charge in [0.25, 0.3) is 0 Å². The maximum absolute atomic E-state index is 11.3. The summed E-state index contributed by atoms with van der Waals surface area (Å²) in [6.07, 6.45) is 1.07. The van der Waals surface area contributed by atoms with Crippen molar-refractivity contribution in [1.29, 1.82) is 5.26 Å². The summed E-state index contributed by atoms with van der Waals surface area (Å²) in [5.41, 5.74) is 1.71. The minimum Gasteiger partial charge on any atom is -0.508 e. The van der Waals surface area contributed by atoms with Crippen molar-refractivity contribution in [3.05, 3.63) is 28.8 Å². The number of nitriles is 1. The molecule has 1 aliphatic carbocycles. The fraction of sp³-hybridized carbons (Fsp3) is 0.200. The number of hydrogen-bond donors (Lipinski definition) is 1. The number of fused-ring (bicyclic) bond motifs is 1. The van der Waals surface area contributed by atoms with E-state index in [0.29, 0.717) is 24.0 Å². The van der Waals surface area contributed by atoms with Gasteiger partial charge in [0.05, 0.1) is 11.6 Å². The van der Waals surface area contributed by atoms with Crippen LogP contribution in [0.15, 0.2) is 12.1 Å². The molecule has 0 unspecified atom stereocenters. The number of carbonyl (C=O) groups excluding carboxylic acids is 1. The number of aromatic hydroxyl groups is 1. The summed E-state index contributed by atoms with van der Waals surface area (Å²) in [5.74, 6) is 0.00736. The molecule has 1 aromatic rings. The van der Waals surface area contributed by atoms with Gasteiger partial charge in [-0.3, -0.25) is 4.79 Å². The average Bonchev–Trinajstić information content (AvgIpc) is 2.47. The minimum atomic E-state index is -0.00875. The van der Waals surface area contributed by atoms with Crippen molar-refractivity contribution >= 4 is 5.78 Å². The Bertz CT molecular complexity index is 429. The Hall–Kier alpha value is -1.82. The lowest BCUT2D eigenvalue weighted by Gasteiger charge is -2.00. The van der Waals surface area contributed by atoms with Crippen molar-refractivity contribution in [2.24, 2.45) is 0 Å². The first-order chi connectivity index (χ1) is 6.22. The maximum Gasteiger partial charge on any atom is 0.163 e. The van der Waals surface area contributed by atoms with Crippen LogP contribution in [0.2, 0.25) is 0 Å². The molecule has 13 heavy (non-hydrogen) atoms. The van der Waals surface area contributed by atoms with Crippen molar-refractivity contribution in [3.8, 4) is 11.8 Å². The summed E-state index contributed by atoms with van der Waals surface area (Å²) in [5, 5.41) is 18.0. The summed E-state index contributed by atoms with van der Waals surface area (Å²) in [6, 6.07) is 4.81. The van der Waals surface area contributed by atoms with Crippen molar-refractivity contribution in [3.63, 3.8) is 0 Å². The minimum absolute atomic E-state index is 0.00875. The molecule has 0 amide bonds. The first-order valence-electron chi connectivity index (χ1n) is 4.01. The monoisotopic (exact) mass is 173 g/mol. The third-order valence-corrected chi connectivity index (χ3v) is 2.26. The Labute approximate surface area is 75.2 Å². The summed E-state index contributed by atoms with van der Waals surface area (Å²) >= 11 is 0. The Kier molecular flexibility index (Phi) is 1.56. The van der Waals surface area contributed by atoms with Gasteiger partial charge < -0.3 is 5.11 Å². The van der Waals surface area contributed by atoms with Crippen LogP contribution in [0.3, 0.4) is 0 Å². The summed E-state index contributed by atoms with van der Waals surface area (Å²) in [4.78, 5) is 11.3. The molecule has 0 saturated heterocycles. The molecule has 0 bridgehead atoms. The third kappa shape index (κ3) is 1.07. The van der Waals surface area contributed by atoms with Gasteiger partial charge in [0.1, 0.15) is 5.75 Å². The number of hydrogen-bond acceptors (Lipinski definition) is 3. The SMILES string of the molecule is N#Cc1cc(O)cc2c1CCC2=O. The van der Waals surface area contributed by atoms with Gasteiger partial charge in [0, 0.05) is 12.0 Å². The first kappa shape index (κ1) is 7.81. The highest BCUT2D eigenvalue weighted by molar-refractivity contribution is 6.01. The molecule has 0 spiro atoms. The van der Waals surface area contributed by atoms with Crippen LogP contribution in [0.5, 0.6) is 5.75 Å². The second-order valence-corrected chi connectivity index (χ2v) is 3.05. The summed E-state index contributed by atoms with van der Waals surface area (Å²) < 4.78 is 0. The van der Waals surface area contributed by atoms with E-state index in [4.69, 9.17) is 5.26 Å². The third-order valence-electron chi connectivity index (χ3n) is 2.26. The van der Waals surface area contributed by atoms with E-state index in [-0.39, 0.29) is 11.5 Å². The number of Topliss-reactive ketones (excluding diaryl/α,β-unsaturated/α-hetero) is 1. The van der Waals surface area contributed by atoms with Gasteiger partial charge in [-0.2, -0.15) is 5.26 Å². The number of ketones is 1. The second kappa shape index (κ2) is 2.60. The topological polar surface area (TPSA) is 61.1 Å². The molecule has 0 fully saturated rings. The normalized spacial score (nSPS) is 13.9. The number of rotatable bonds is 0. The van der Waals surface area contributed by atoms with Gasteiger partial charge in [0.15, 0.2) is 5.78 Å². The van der Waals surface area contributed by atoms with E-state index in [0.717, 1.165) is 5.56 Å². The Morgan fingerprint density at radius 2 is 2.15 bits per heavy atom. The van der Waals surface area contributed by atoms with Crippen LogP contribution in [-0.2, 0) is 6.42 Å². The van der Waals surface area contributed by atoms with Crippen LogP contribution in [0.1, 0.15) is 27.9 Å². The van der Waals surface area contributed by atoms with Crippen molar-refractivity contribution < 1.29 is 9.90 Å². The van der Waals surface area contributed by atoms with Crippen LogP contribution in [0, 0.1) is 11.3 Å². The number of carbonyl (C=O) groups is 1. The zero-order valence-corrected chi connectivity index (χ0v) is 6.87. The molecule has 3 nitrogen and oxygen atoms in total. The van der Waals surface area contributed by atoms with Gasteiger partial charge in [-0.25, -0.2) is 0 Å². The van der Waals surface area contributed by atoms with Gasteiger partial charge in [-0.1, -0.05) is 0 Å². The first-order valence-corrected chi connectivity index (χ1v) is 4.01.